The molecule has 0 bridgehead atoms. The van der Waals surface area contributed by atoms with Gasteiger partial charge in [-0.25, -0.2) is 9.97 Å². The Labute approximate surface area is 198 Å². The maximum absolute atomic E-state index is 12.9. The molecule has 2 heterocycles. The Morgan fingerprint density at radius 2 is 1.68 bits per heavy atom. The van der Waals surface area contributed by atoms with Crippen LogP contribution < -0.4 is 19.7 Å². The third-order valence-corrected chi connectivity index (χ3v) is 5.09. The summed E-state index contributed by atoms with van der Waals surface area (Å²) >= 11 is 0. The van der Waals surface area contributed by atoms with E-state index in [-0.39, 0.29) is 12.5 Å². The van der Waals surface area contributed by atoms with Crippen molar-refractivity contribution >= 4 is 28.3 Å². The molecular weight excluding hydrogens is 430 g/mol. The molecule has 2 aromatic carbocycles. The second kappa shape index (κ2) is 10.6. The molecule has 4 rings (SSSR count). The van der Waals surface area contributed by atoms with Gasteiger partial charge in [0, 0.05) is 42.1 Å². The van der Waals surface area contributed by atoms with E-state index in [0.29, 0.717) is 42.0 Å². The number of aromatic nitrogens is 3. The molecule has 4 aromatic rings. The fourth-order valence-electron chi connectivity index (χ4n) is 3.60. The predicted octanol–water partition coefficient (Wildman–Crippen LogP) is 4.56. The number of para-hydroxylation sites is 1. The van der Waals surface area contributed by atoms with E-state index in [4.69, 9.17) is 19.4 Å². The lowest BCUT2D eigenvalue weighted by atomic mass is 10.2. The highest BCUT2D eigenvalue weighted by Crippen LogP contribution is 2.31. The van der Waals surface area contributed by atoms with Crippen LogP contribution >= 0.6 is 0 Å². The van der Waals surface area contributed by atoms with Crippen LogP contribution in [-0.2, 0) is 4.79 Å². The summed E-state index contributed by atoms with van der Waals surface area (Å²) in [5, 5.41) is 3.81. The summed E-state index contributed by atoms with van der Waals surface area (Å²) in [4.78, 5) is 28.2. The summed E-state index contributed by atoms with van der Waals surface area (Å²) in [5.74, 6) is 2.32. The number of hydrogen-bond acceptors (Lipinski definition) is 7. The highest BCUT2D eigenvalue weighted by Gasteiger charge is 2.16. The molecule has 174 valence electrons. The molecule has 1 amide bonds. The molecule has 0 saturated carbocycles. The number of nitrogens with one attached hydrogen (secondary N) is 1. The normalized spacial score (nSPS) is 10.7. The molecule has 2 aromatic heterocycles. The van der Waals surface area contributed by atoms with Crippen molar-refractivity contribution in [2.24, 2.45) is 0 Å². The third-order valence-electron chi connectivity index (χ3n) is 5.09. The molecule has 0 aliphatic carbocycles. The zero-order chi connectivity index (χ0) is 23.9. The Morgan fingerprint density at radius 1 is 0.941 bits per heavy atom. The largest absolute Gasteiger partial charge is 0.490 e. The Kier molecular flexibility index (Phi) is 7.17. The minimum Gasteiger partial charge on any atom is -0.490 e. The summed E-state index contributed by atoms with van der Waals surface area (Å²) in [7, 11) is 1.84. The number of anilines is 2. The number of amides is 1. The van der Waals surface area contributed by atoms with Gasteiger partial charge in [-0.3, -0.25) is 9.78 Å². The van der Waals surface area contributed by atoms with Crippen molar-refractivity contribution in [1.29, 1.82) is 0 Å². The fraction of sp³-hybridized carbons (Fsp3) is 0.231. The van der Waals surface area contributed by atoms with Crippen molar-refractivity contribution < 1.29 is 14.3 Å². The molecule has 0 fully saturated rings. The molecule has 0 saturated heterocycles. The number of carbonyl (C=O) groups is 1. The SMILES string of the molecule is CCOc1ccc(NC(=O)CN(C)c2nc(-c3ccncc3)nc3ccccc23)cc1OCC. The number of pyridine rings is 1. The van der Waals surface area contributed by atoms with E-state index in [9.17, 15) is 4.79 Å². The molecule has 0 unspecified atom stereocenters. The maximum atomic E-state index is 12.9. The molecule has 8 heteroatoms. The van der Waals surface area contributed by atoms with E-state index in [2.05, 4.69) is 10.3 Å². The van der Waals surface area contributed by atoms with Gasteiger partial charge >= 0.3 is 0 Å². The first-order valence-corrected chi connectivity index (χ1v) is 11.2. The fourth-order valence-corrected chi connectivity index (χ4v) is 3.60. The van der Waals surface area contributed by atoms with Crippen LogP contribution in [0.4, 0.5) is 11.5 Å². The lowest BCUT2D eigenvalue weighted by Crippen LogP contribution is -2.31. The van der Waals surface area contributed by atoms with Gasteiger partial charge in [0.25, 0.3) is 0 Å². The standard InChI is InChI=1S/C26H27N5O3/c1-4-33-22-11-10-19(16-23(22)34-5-2)28-24(32)17-31(3)26-20-8-6-7-9-21(20)29-25(30-26)18-12-14-27-15-13-18/h6-16H,4-5,17H2,1-3H3,(H,28,32). The Hall–Kier alpha value is -4.20. The second-order valence-corrected chi connectivity index (χ2v) is 7.56. The number of rotatable bonds is 9. The zero-order valence-electron chi connectivity index (χ0n) is 19.5. The van der Waals surface area contributed by atoms with Crippen LogP contribution in [-0.4, -0.2) is 47.7 Å². The molecule has 34 heavy (non-hydrogen) atoms. The topological polar surface area (TPSA) is 89.5 Å². The van der Waals surface area contributed by atoms with Crippen LogP contribution in [0.25, 0.3) is 22.3 Å². The number of ether oxygens (including phenoxy) is 2. The molecular formula is C26H27N5O3. The zero-order valence-corrected chi connectivity index (χ0v) is 19.5. The average Bonchev–Trinajstić information content (AvgIpc) is 2.85. The van der Waals surface area contributed by atoms with Gasteiger partial charge in [-0.15, -0.1) is 0 Å². The van der Waals surface area contributed by atoms with E-state index in [1.807, 2.05) is 62.2 Å². The van der Waals surface area contributed by atoms with E-state index in [1.165, 1.54) is 0 Å². The lowest BCUT2D eigenvalue weighted by Gasteiger charge is -2.20. The molecule has 1 N–H and O–H groups in total. The van der Waals surface area contributed by atoms with Gasteiger partial charge in [0.1, 0.15) is 5.82 Å². The van der Waals surface area contributed by atoms with Crippen LogP contribution in [0.2, 0.25) is 0 Å². The smallest absolute Gasteiger partial charge is 0.243 e. The number of benzene rings is 2. The van der Waals surface area contributed by atoms with E-state index >= 15 is 0 Å². The van der Waals surface area contributed by atoms with Crippen molar-refractivity contribution in [3.8, 4) is 22.9 Å². The predicted molar refractivity (Wildman–Crippen MR) is 133 cm³/mol. The number of carbonyl (C=O) groups excluding carboxylic acids is 1. The monoisotopic (exact) mass is 457 g/mol. The summed E-state index contributed by atoms with van der Waals surface area (Å²) in [6, 6.07) is 16.9. The van der Waals surface area contributed by atoms with Crippen molar-refractivity contribution in [2.75, 3.05) is 37.0 Å². The summed E-state index contributed by atoms with van der Waals surface area (Å²) in [6.45, 7) is 4.96. The highest BCUT2D eigenvalue weighted by molar-refractivity contribution is 5.97. The van der Waals surface area contributed by atoms with Crippen LogP contribution in [0.3, 0.4) is 0 Å². The van der Waals surface area contributed by atoms with Gasteiger partial charge in [0.15, 0.2) is 17.3 Å². The van der Waals surface area contributed by atoms with Crippen LogP contribution in [0.1, 0.15) is 13.8 Å². The van der Waals surface area contributed by atoms with E-state index in [0.717, 1.165) is 16.5 Å². The van der Waals surface area contributed by atoms with Gasteiger partial charge in [-0.1, -0.05) is 12.1 Å². The van der Waals surface area contributed by atoms with Crippen LogP contribution in [0.15, 0.2) is 67.0 Å². The molecule has 8 nitrogen and oxygen atoms in total. The highest BCUT2D eigenvalue weighted by atomic mass is 16.5. The van der Waals surface area contributed by atoms with Crippen molar-refractivity contribution in [3.05, 3.63) is 67.0 Å². The van der Waals surface area contributed by atoms with E-state index < -0.39 is 0 Å². The van der Waals surface area contributed by atoms with Gasteiger partial charge < -0.3 is 19.7 Å². The number of nitrogens with zero attached hydrogens (tertiary/aromatic N) is 4. The van der Waals surface area contributed by atoms with Crippen molar-refractivity contribution in [1.82, 2.24) is 15.0 Å². The summed E-state index contributed by atoms with van der Waals surface area (Å²) in [6.07, 6.45) is 3.41. The Morgan fingerprint density at radius 3 is 2.44 bits per heavy atom. The van der Waals surface area contributed by atoms with Gasteiger partial charge in [-0.2, -0.15) is 0 Å². The van der Waals surface area contributed by atoms with Crippen LogP contribution in [0.5, 0.6) is 11.5 Å². The quantitative estimate of drug-likeness (QED) is 0.394. The van der Waals surface area contributed by atoms with Gasteiger partial charge in [0.2, 0.25) is 5.91 Å². The first-order chi connectivity index (χ1) is 16.6. The first-order valence-electron chi connectivity index (χ1n) is 11.2. The molecule has 0 atom stereocenters. The van der Waals surface area contributed by atoms with Gasteiger partial charge in [0.05, 0.1) is 25.3 Å². The number of hydrogen-bond donors (Lipinski definition) is 1. The molecule has 0 aliphatic heterocycles. The average molecular weight is 458 g/mol. The molecule has 0 aliphatic rings. The van der Waals surface area contributed by atoms with E-state index in [1.54, 1.807) is 30.6 Å². The van der Waals surface area contributed by atoms with Gasteiger partial charge in [-0.05, 0) is 50.2 Å². The number of fused-ring (bicyclic) bond motifs is 1. The summed E-state index contributed by atoms with van der Waals surface area (Å²) < 4.78 is 11.3. The first kappa shape index (κ1) is 23.0. The third kappa shape index (κ3) is 5.23. The number of likely N-dealkylation sites (N-methyl/N-ethyl adjacent to an activating group) is 1. The lowest BCUT2D eigenvalue weighted by molar-refractivity contribution is -0.114. The second-order valence-electron chi connectivity index (χ2n) is 7.56. The molecule has 0 spiro atoms. The maximum Gasteiger partial charge on any atom is 0.243 e. The summed E-state index contributed by atoms with van der Waals surface area (Å²) in [5.41, 5.74) is 2.30. The van der Waals surface area contributed by atoms with Crippen molar-refractivity contribution in [3.63, 3.8) is 0 Å². The van der Waals surface area contributed by atoms with Crippen molar-refractivity contribution in [2.45, 2.75) is 13.8 Å². The minimum absolute atomic E-state index is 0.105. The Balaban J connectivity index is 1.57. The molecule has 0 radical (unpaired) electrons. The minimum atomic E-state index is -0.178. The Bertz CT molecular complexity index is 1280. The van der Waals surface area contributed by atoms with Crippen LogP contribution in [0, 0.1) is 0 Å².